The first-order valence-electron chi connectivity index (χ1n) is 9.30. The summed E-state index contributed by atoms with van der Waals surface area (Å²) in [5, 5.41) is 0. The zero-order valence-electron chi connectivity index (χ0n) is 16.3. The highest BCUT2D eigenvalue weighted by Crippen LogP contribution is 2.40. The number of thiophene rings is 1. The molecule has 0 aliphatic heterocycles. The van der Waals surface area contributed by atoms with Crippen molar-refractivity contribution in [3.8, 4) is 0 Å². The maximum Gasteiger partial charge on any atom is 0.221 e. The molecule has 0 radical (unpaired) electrons. The van der Waals surface area contributed by atoms with Crippen molar-refractivity contribution >= 4 is 34.0 Å². The fourth-order valence-corrected chi connectivity index (χ4v) is 7.84. The Bertz CT molecular complexity index is 997. The zero-order chi connectivity index (χ0) is 19.5. The van der Waals surface area contributed by atoms with Crippen LogP contribution >= 0.6 is 23.1 Å². The van der Waals surface area contributed by atoms with Gasteiger partial charge in [0.2, 0.25) is 4.21 Å². The molecular weight excluding hydrogens is 396 g/mol. The average Bonchev–Trinajstić information content (AvgIpc) is 3.15. The maximum absolute atomic E-state index is 2.31. The van der Waals surface area contributed by atoms with Crippen molar-refractivity contribution in [3.63, 3.8) is 0 Å². The molecule has 4 rings (SSSR count). The second-order valence-corrected chi connectivity index (χ2v) is 11.6. The second-order valence-electron chi connectivity index (χ2n) is 6.92. The lowest BCUT2D eigenvalue weighted by Gasteiger charge is -2.06. The summed E-state index contributed by atoms with van der Waals surface area (Å²) in [5.41, 5.74) is 3.91. The molecule has 0 nitrogen and oxygen atoms in total. The molecule has 28 heavy (non-hydrogen) atoms. The third kappa shape index (κ3) is 4.54. The van der Waals surface area contributed by atoms with Crippen LogP contribution in [0.25, 0.3) is 0 Å². The summed E-state index contributed by atoms with van der Waals surface area (Å²) in [6.07, 6.45) is 0. The van der Waals surface area contributed by atoms with E-state index in [9.17, 15) is 0 Å². The average molecular weight is 420 g/mol. The van der Waals surface area contributed by atoms with Gasteiger partial charge in [0, 0.05) is 11.0 Å². The van der Waals surface area contributed by atoms with E-state index in [1.165, 1.54) is 39.8 Å². The zero-order valence-corrected chi connectivity index (χ0v) is 18.8. The lowest BCUT2D eigenvalue weighted by molar-refractivity contribution is 1.31. The van der Waals surface area contributed by atoms with E-state index in [-0.39, 0.29) is 10.9 Å². The van der Waals surface area contributed by atoms with Crippen molar-refractivity contribution in [3.05, 3.63) is 102 Å². The Balaban J connectivity index is 1.68. The number of hydrogen-bond acceptors (Lipinski definition) is 2. The first-order valence-corrected chi connectivity index (χ1v) is 12.2. The van der Waals surface area contributed by atoms with Crippen molar-refractivity contribution in [2.75, 3.05) is 0 Å². The van der Waals surface area contributed by atoms with Crippen molar-refractivity contribution < 1.29 is 0 Å². The van der Waals surface area contributed by atoms with Crippen LogP contribution in [0.3, 0.4) is 0 Å². The van der Waals surface area contributed by atoms with Crippen molar-refractivity contribution in [1.29, 1.82) is 0 Å². The highest BCUT2D eigenvalue weighted by molar-refractivity contribution is 8.02. The Hall–Kier alpha value is -1.94. The lowest BCUT2D eigenvalue weighted by atomic mass is 10.2. The van der Waals surface area contributed by atoms with Gasteiger partial charge in [0.25, 0.3) is 0 Å². The van der Waals surface area contributed by atoms with Gasteiger partial charge in [-0.2, -0.15) is 0 Å². The number of benzene rings is 3. The Morgan fingerprint density at radius 2 is 1.04 bits per heavy atom. The molecule has 1 heterocycles. The molecule has 4 aromatic rings. The first kappa shape index (κ1) is 19.4. The van der Waals surface area contributed by atoms with E-state index in [2.05, 4.69) is 106 Å². The summed E-state index contributed by atoms with van der Waals surface area (Å²) in [6.45, 7) is 6.43. The molecule has 0 aliphatic rings. The van der Waals surface area contributed by atoms with Gasteiger partial charge in [-0.3, -0.25) is 0 Å². The van der Waals surface area contributed by atoms with Gasteiger partial charge < -0.3 is 0 Å². The van der Waals surface area contributed by atoms with Gasteiger partial charge in [0.05, 0.1) is 4.21 Å². The van der Waals surface area contributed by atoms with Crippen molar-refractivity contribution in [1.82, 2.24) is 0 Å². The van der Waals surface area contributed by atoms with Crippen LogP contribution in [0.5, 0.6) is 0 Å². The van der Waals surface area contributed by atoms with Crippen molar-refractivity contribution in [2.45, 2.75) is 43.9 Å². The molecule has 0 saturated heterocycles. The van der Waals surface area contributed by atoms with Crippen LogP contribution < -0.4 is 0 Å². The molecule has 0 N–H and O–H groups in total. The second kappa shape index (κ2) is 8.60. The molecular formula is C25H23S3+. The van der Waals surface area contributed by atoms with E-state index in [1.807, 2.05) is 23.1 Å². The third-order valence-electron chi connectivity index (χ3n) is 4.51. The summed E-state index contributed by atoms with van der Waals surface area (Å²) in [4.78, 5) is 4.05. The fraction of sp³-hybridized carbons (Fsp3) is 0.120. The summed E-state index contributed by atoms with van der Waals surface area (Å²) in [7, 11) is -0.0668. The van der Waals surface area contributed by atoms with Gasteiger partial charge in [-0.05, 0) is 63.2 Å². The third-order valence-corrected chi connectivity index (χ3v) is 9.31. The van der Waals surface area contributed by atoms with Crippen LogP contribution in [0.2, 0.25) is 0 Å². The number of rotatable bonds is 5. The monoisotopic (exact) mass is 419 g/mol. The smallest absolute Gasteiger partial charge is 0.0790 e. The molecule has 0 fully saturated rings. The minimum atomic E-state index is -0.0668. The molecule has 3 heteroatoms. The molecule has 0 unspecified atom stereocenters. The SMILES string of the molecule is Cc1ccc(Sc2ccc([S+](c3ccc(C)cc3)c3ccc(C)cc3)s2)cc1. The molecule has 140 valence electrons. The van der Waals surface area contributed by atoms with Gasteiger partial charge >= 0.3 is 0 Å². The Morgan fingerprint density at radius 1 is 0.571 bits per heavy atom. The molecule has 1 aromatic heterocycles. The first-order chi connectivity index (χ1) is 13.6. The van der Waals surface area contributed by atoms with Gasteiger partial charge in [0.1, 0.15) is 10.9 Å². The fourth-order valence-electron chi connectivity index (χ4n) is 2.91. The normalized spacial score (nSPS) is 11.1. The Kier molecular flexibility index (Phi) is 5.96. The molecule has 0 bridgehead atoms. The van der Waals surface area contributed by atoms with Crippen LogP contribution in [0.1, 0.15) is 16.7 Å². The molecule has 3 aromatic carbocycles. The largest absolute Gasteiger partial charge is 0.221 e. The highest BCUT2D eigenvalue weighted by Gasteiger charge is 2.30. The van der Waals surface area contributed by atoms with Crippen LogP contribution in [0.4, 0.5) is 0 Å². The van der Waals surface area contributed by atoms with Crippen LogP contribution in [0.15, 0.2) is 108 Å². The summed E-state index contributed by atoms with van der Waals surface area (Å²) < 4.78 is 2.76. The molecule has 0 amide bonds. The number of aryl methyl sites for hydroxylation is 3. The van der Waals surface area contributed by atoms with Crippen LogP contribution in [-0.4, -0.2) is 0 Å². The van der Waals surface area contributed by atoms with E-state index >= 15 is 0 Å². The minimum absolute atomic E-state index is 0.0668. The van der Waals surface area contributed by atoms with Gasteiger partial charge in [0.15, 0.2) is 9.79 Å². The standard InChI is InChI=1S/C25H23S3/c1-18-4-10-21(11-5-18)26-24-16-17-25(27-24)28(22-12-6-19(2)7-13-22)23-14-8-20(3)9-15-23/h4-17H,1-3H3/q+1. The number of hydrogen-bond donors (Lipinski definition) is 0. The van der Waals surface area contributed by atoms with Crippen LogP contribution in [0, 0.1) is 20.8 Å². The summed E-state index contributed by atoms with van der Waals surface area (Å²) in [6, 6.07) is 31.4. The molecule has 0 atom stereocenters. The highest BCUT2D eigenvalue weighted by atomic mass is 32.2. The predicted octanol–water partition coefficient (Wildman–Crippen LogP) is 7.92. The van der Waals surface area contributed by atoms with Crippen LogP contribution in [-0.2, 0) is 10.9 Å². The van der Waals surface area contributed by atoms with E-state index in [0.29, 0.717) is 0 Å². The Morgan fingerprint density at radius 3 is 1.54 bits per heavy atom. The van der Waals surface area contributed by atoms with E-state index in [4.69, 9.17) is 0 Å². The maximum atomic E-state index is 2.31. The topological polar surface area (TPSA) is 0 Å². The minimum Gasteiger partial charge on any atom is -0.0790 e. The quantitative estimate of drug-likeness (QED) is 0.296. The predicted molar refractivity (Wildman–Crippen MR) is 124 cm³/mol. The summed E-state index contributed by atoms with van der Waals surface area (Å²) in [5.74, 6) is 0. The summed E-state index contributed by atoms with van der Waals surface area (Å²) >= 11 is 3.77. The lowest BCUT2D eigenvalue weighted by Crippen LogP contribution is -2.02. The van der Waals surface area contributed by atoms with Crippen molar-refractivity contribution in [2.24, 2.45) is 0 Å². The van der Waals surface area contributed by atoms with E-state index in [1.54, 1.807) is 0 Å². The van der Waals surface area contributed by atoms with E-state index in [0.717, 1.165) is 0 Å². The van der Waals surface area contributed by atoms with Gasteiger partial charge in [-0.15, -0.1) is 0 Å². The Labute approximate surface area is 179 Å². The molecule has 0 spiro atoms. The molecule has 0 saturated carbocycles. The van der Waals surface area contributed by atoms with Gasteiger partial charge in [-0.1, -0.05) is 76.2 Å². The molecule has 0 aliphatic carbocycles. The van der Waals surface area contributed by atoms with E-state index < -0.39 is 0 Å². The van der Waals surface area contributed by atoms with Gasteiger partial charge in [-0.25, -0.2) is 0 Å².